The van der Waals surface area contributed by atoms with Crippen molar-refractivity contribution in [1.82, 2.24) is 4.98 Å². The Hall–Kier alpha value is -1.54. The highest BCUT2D eigenvalue weighted by Gasteiger charge is 2.09. The zero-order valence-electron chi connectivity index (χ0n) is 14.1. The standard InChI is InChI=1S/C20H26ClNO/c1-3-5-8-16-11-13-22-19(15-16)18-9-6-7-10-20(18)23-14-12-17(21)4-2/h6-7,9-11,13,15,17H,3-5,8,12,14H2,1-2H3. The molecule has 0 N–H and O–H groups in total. The van der Waals surface area contributed by atoms with Crippen LogP contribution in [0, 0.1) is 0 Å². The van der Waals surface area contributed by atoms with E-state index in [1.165, 1.54) is 18.4 Å². The first-order valence-electron chi connectivity index (χ1n) is 8.55. The van der Waals surface area contributed by atoms with Gasteiger partial charge in [-0.05, 0) is 55.5 Å². The van der Waals surface area contributed by atoms with Gasteiger partial charge in [0.25, 0.3) is 0 Å². The molecule has 124 valence electrons. The highest BCUT2D eigenvalue weighted by molar-refractivity contribution is 6.20. The molecule has 2 nitrogen and oxygen atoms in total. The number of halogens is 1. The van der Waals surface area contributed by atoms with Crippen molar-refractivity contribution in [3.05, 3.63) is 48.2 Å². The van der Waals surface area contributed by atoms with Crippen LogP contribution in [0.1, 0.15) is 45.1 Å². The van der Waals surface area contributed by atoms with Gasteiger partial charge in [-0.25, -0.2) is 0 Å². The van der Waals surface area contributed by atoms with Crippen molar-refractivity contribution in [3.8, 4) is 17.0 Å². The Bertz CT molecular complexity index is 600. The second-order valence-electron chi connectivity index (χ2n) is 5.79. The maximum Gasteiger partial charge on any atom is 0.128 e. The van der Waals surface area contributed by atoms with Gasteiger partial charge in [0.1, 0.15) is 5.75 Å². The molecule has 1 heterocycles. The summed E-state index contributed by atoms with van der Waals surface area (Å²) in [5.74, 6) is 0.882. The first kappa shape index (κ1) is 17.8. The first-order valence-corrected chi connectivity index (χ1v) is 8.99. The summed E-state index contributed by atoms with van der Waals surface area (Å²) >= 11 is 6.17. The fourth-order valence-corrected chi connectivity index (χ4v) is 2.55. The van der Waals surface area contributed by atoms with Crippen molar-refractivity contribution >= 4 is 11.6 Å². The number of nitrogens with zero attached hydrogens (tertiary/aromatic N) is 1. The van der Waals surface area contributed by atoms with E-state index >= 15 is 0 Å². The molecule has 0 spiro atoms. The molecule has 0 saturated carbocycles. The highest BCUT2D eigenvalue weighted by Crippen LogP contribution is 2.29. The Labute approximate surface area is 144 Å². The average molecular weight is 332 g/mol. The molecule has 0 aliphatic heterocycles. The van der Waals surface area contributed by atoms with E-state index in [9.17, 15) is 0 Å². The van der Waals surface area contributed by atoms with Gasteiger partial charge in [-0.3, -0.25) is 4.98 Å². The van der Waals surface area contributed by atoms with Gasteiger partial charge in [0.2, 0.25) is 0 Å². The molecule has 0 bridgehead atoms. The van der Waals surface area contributed by atoms with E-state index in [-0.39, 0.29) is 5.38 Å². The smallest absolute Gasteiger partial charge is 0.128 e. The van der Waals surface area contributed by atoms with Crippen LogP contribution in [0.5, 0.6) is 5.75 Å². The molecule has 0 amide bonds. The van der Waals surface area contributed by atoms with Gasteiger partial charge in [0.15, 0.2) is 0 Å². The summed E-state index contributed by atoms with van der Waals surface area (Å²) in [6.07, 6.45) is 7.22. The summed E-state index contributed by atoms with van der Waals surface area (Å²) in [6.45, 7) is 4.94. The quantitative estimate of drug-likeness (QED) is 0.535. The van der Waals surface area contributed by atoms with E-state index in [1.807, 2.05) is 24.4 Å². The van der Waals surface area contributed by atoms with Crippen molar-refractivity contribution in [2.75, 3.05) is 6.61 Å². The maximum atomic E-state index is 6.17. The molecule has 0 radical (unpaired) electrons. The van der Waals surface area contributed by atoms with Crippen LogP contribution < -0.4 is 4.74 Å². The van der Waals surface area contributed by atoms with Crippen LogP contribution in [0.15, 0.2) is 42.6 Å². The molecular weight excluding hydrogens is 306 g/mol. The second-order valence-corrected chi connectivity index (χ2v) is 6.41. The number of aromatic nitrogens is 1. The number of pyridine rings is 1. The summed E-state index contributed by atoms with van der Waals surface area (Å²) < 4.78 is 5.96. The van der Waals surface area contributed by atoms with Gasteiger partial charge in [-0.15, -0.1) is 11.6 Å². The first-order chi connectivity index (χ1) is 11.2. The minimum atomic E-state index is 0.178. The Balaban J connectivity index is 2.13. The monoisotopic (exact) mass is 331 g/mol. The van der Waals surface area contributed by atoms with E-state index in [0.717, 1.165) is 36.3 Å². The Morgan fingerprint density at radius 2 is 2.00 bits per heavy atom. The zero-order valence-corrected chi connectivity index (χ0v) is 14.9. The predicted octanol–water partition coefficient (Wildman–Crippen LogP) is 5.88. The lowest BCUT2D eigenvalue weighted by Gasteiger charge is -2.13. The van der Waals surface area contributed by atoms with Crippen LogP contribution in [-0.4, -0.2) is 17.0 Å². The Kier molecular flexibility index (Phi) is 7.41. The molecule has 0 fully saturated rings. The largest absolute Gasteiger partial charge is 0.493 e. The van der Waals surface area contributed by atoms with E-state index < -0.39 is 0 Å². The fraction of sp³-hybridized carbons (Fsp3) is 0.450. The van der Waals surface area contributed by atoms with Gasteiger partial charge in [-0.1, -0.05) is 32.4 Å². The zero-order chi connectivity index (χ0) is 16.5. The number of rotatable bonds is 9. The van der Waals surface area contributed by atoms with Crippen LogP contribution in [0.25, 0.3) is 11.3 Å². The second kappa shape index (κ2) is 9.57. The molecule has 0 aliphatic rings. The van der Waals surface area contributed by atoms with Crippen LogP contribution in [0.4, 0.5) is 0 Å². The molecule has 1 aromatic heterocycles. The van der Waals surface area contributed by atoms with Crippen molar-refractivity contribution in [2.24, 2.45) is 0 Å². The number of ether oxygens (including phenoxy) is 1. The number of unbranched alkanes of at least 4 members (excludes halogenated alkanes) is 1. The van der Waals surface area contributed by atoms with Crippen molar-refractivity contribution in [3.63, 3.8) is 0 Å². The SMILES string of the molecule is CCCCc1ccnc(-c2ccccc2OCCC(Cl)CC)c1. The number of hydrogen-bond donors (Lipinski definition) is 0. The molecule has 0 saturated heterocycles. The minimum absolute atomic E-state index is 0.178. The molecule has 3 heteroatoms. The van der Waals surface area contributed by atoms with Gasteiger partial charge >= 0.3 is 0 Å². The van der Waals surface area contributed by atoms with Crippen LogP contribution >= 0.6 is 11.6 Å². The maximum absolute atomic E-state index is 6.17. The average Bonchev–Trinajstić information content (AvgIpc) is 2.60. The Morgan fingerprint density at radius 3 is 2.78 bits per heavy atom. The van der Waals surface area contributed by atoms with E-state index in [4.69, 9.17) is 16.3 Å². The molecule has 0 aliphatic carbocycles. The third kappa shape index (κ3) is 5.54. The van der Waals surface area contributed by atoms with Crippen molar-refractivity contribution in [2.45, 2.75) is 51.3 Å². The number of para-hydroxylation sites is 1. The van der Waals surface area contributed by atoms with Gasteiger partial charge < -0.3 is 4.74 Å². The third-order valence-corrected chi connectivity index (χ3v) is 4.46. The molecule has 23 heavy (non-hydrogen) atoms. The number of aryl methyl sites for hydroxylation is 1. The minimum Gasteiger partial charge on any atom is -0.493 e. The van der Waals surface area contributed by atoms with Gasteiger partial charge in [0.05, 0.1) is 12.3 Å². The van der Waals surface area contributed by atoms with Crippen LogP contribution in [0.3, 0.4) is 0 Å². The summed E-state index contributed by atoms with van der Waals surface area (Å²) in [7, 11) is 0. The van der Waals surface area contributed by atoms with E-state index in [1.54, 1.807) is 0 Å². The molecular formula is C20H26ClNO. The third-order valence-electron chi connectivity index (χ3n) is 3.94. The van der Waals surface area contributed by atoms with E-state index in [0.29, 0.717) is 6.61 Å². The lowest BCUT2D eigenvalue weighted by atomic mass is 10.0. The molecule has 2 aromatic rings. The predicted molar refractivity (Wildman–Crippen MR) is 98.3 cm³/mol. The normalized spacial score (nSPS) is 12.1. The van der Waals surface area contributed by atoms with Crippen molar-refractivity contribution < 1.29 is 4.74 Å². The lowest BCUT2D eigenvalue weighted by Crippen LogP contribution is -2.06. The molecule has 1 aromatic carbocycles. The lowest BCUT2D eigenvalue weighted by molar-refractivity contribution is 0.309. The molecule has 2 rings (SSSR count). The number of benzene rings is 1. The summed E-state index contributed by atoms with van der Waals surface area (Å²) in [5.41, 5.74) is 3.36. The molecule has 1 atom stereocenters. The summed E-state index contributed by atoms with van der Waals surface area (Å²) in [6, 6.07) is 12.4. The van der Waals surface area contributed by atoms with Gasteiger partial charge in [0, 0.05) is 17.1 Å². The number of alkyl halides is 1. The fourth-order valence-electron chi connectivity index (χ4n) is 2.46. The summed E-state index contributed by atoms with van der Waals surface area (Å²) in [5, 5.41) is 0.178. The van der Waals surface area contributed by atoms with E-state index in [2.05, 4.69) is 37.0 Å². The molecule has 1 unspecified atom stereocenters. The van der Waals surface area contributed by atoms with Crippen LogP contribution in [-0.2, 0) is 6.42 Å². The number of hydrogen-bond acceptors (Lipinski definition) is 2. The van der Waals surface area contributed by atoms with Crippen molar-refractivity contribution in [1.29, 1.82) is 0 Å². The topological polar surface area (TPSA) is 22.1 Å². The Morgan fingerprint density at radius 1 is 1.17 bits per heavy atom. The van der Waals surface area contributed by atoms with Gasteiger partial charge in [-0.2, -0.15) is 0 Å². The van der Waals surface area contributed by atoms with Crippen LogP contribution in [0.2, 0.25) is 0 Å². The summed E-state index contributed by atoms with van der Waals surface area (Å²) in [4.78, 5) is 4.53. The highest BCUT2D eigenvalue weighted by atomic mass is 35.5.